The summed E-state index contributed by atoms with van der Waals surface area (Å²) in [5.41, 5.74) is 0.904. The summed E-state index contributed by atoms with van der Waals surface area (Å²) >= 11 is 0. The van der Waals surface area contributed by atoms with Crippen LogP contribution in [0.3, 0.4) is 0 Å². The molecular formula is C13H21N5O3. The Labute approximate surface area is 123 Å². The summed E-state index contributed by atoms with van der Waals surface area (Å²) in [6, 6.07) is 0.365. The Hall–Kier alpha value is -1.96. The number of hydrogen-bond donors (Lipinski definition) is 2. The number of aryl methyl sites for hydroxylation is 2. The molecule has 1 amide bonds. The van der Waals surface area contributed by atoms with E-state index in [9.17, 15) is 14.9 Å². The Bertz CT molecular complexity index is 534. The normalized spacial score (nSPS) is 17.9. The number of nitrogens with one attached hydrogen (secondary N) is 2. The molecule has 21 heavy (non-hydrogen) atoms. The molecule has 2 N–H and O–H groups in total. The Kier molecular flexibility index (Phi) is 4.89. The molecule has 1 aliphatic rings. The number of amides is 1. The predicted molar refractivity (Wildman–Crippen MR) is 77.0 cm³/mol. The van der Waals surface area contributed by atoms with Gasteiger partial charge in [0.25, 0.3) is 0 Å². The zero-order chi connectivity index (χ0) is 15.4. The van der Waals surface area contributed by atoms with Gasteiger partial charge in [0, 0.05) is 19.0 Å². The Morgan fingerprint density at radius 3 is 2.90 bits per heavy atom. The first kappa shape index (κ1) is 15.4. The third kappa shape index (κ3) is 3.78. The number of carbonyl (C=O) groups excluding carboxylic acids is 1. The van der Waals surface area contributed by atoms with E-state index in [4.69, 9.17) is 0 Å². The fraction of sp³-hybridized carbons (Fsp3) is 0.692. The average Bonchev–Trinajstić information content (AvgIpc) is 3.02. The molecule has 2 heterocycles. The highest BCUT2D eigenvalue weighted by Crippen LogP contribution is 2.21. The van der Waals surface area contributed by atoms with Crippen LogP contribution in [0.15, 0.2) is 0 Å². The quantitative estimate of drug-likeness (QED) is 0.593. The van der Waals surface area contributed by atoms with Crippen molar-refractivity contribution in [1.82, 2.24) is 20.4 Å². The first-order chi connectivity index (χ1) is 9.99. The SMILES string of the molecule is Cc1nn(CCC(=O)NCC2CCCN2)c(C)c1[N+](=O)[O-]. The van der Waals surface area contributed by atoms with Crippen molar-refractivity contribution in [2.75, 3.05) is 13.1 Å². The lowest BCUT2D eigenvalue weighted by atomic mass is 10.2. The molecule has 0 radical (unpaired) electrons. The predicted octanol–water partition coefficient (Wildman–Crippen LogP) is 0.666. The van der Waals surface area contributed by atoms with Crippen molar-refractivity contribution in [3.05, 3.63) is 21.5 Å². The zero-order valence-electron chi connectivity index (χ0n) is 12.4. The van der Waals surface area contributed by atoms with E-state index in [0.29, 0.717) is 30.5 Å². The van der Waals surface area contributed by atoms with Gasteiger partial charge in [-0.3, -0.25) is 19.6 Å². The largest absolute Gasteiger partial charge is 0.354 e. The number of rotatable bonds is 6. The van der Waals surface area contributed by atoms with Gasteiger partial charge in [0.05, 0.1) is 11.5 Å². The molecule has 1 fully saturated rings. The summed E-state index contributed by atoms with van der Waals surface area (Å²) in [6.45, 7) is 5.25. The first-order valence-electron chi connectivity index (χ1n) is 7.17. The maximum absolute atomic E-state index is 11.8. The average molecular weight is 295 g/mol. The highest BCUT2D eigenvalue weighted by atomic mass is 16.6. The molecule has 8 heteroatoms. The van der Waals surface area contributed by atoms with Crippen LogP contribution in [0.5, 0.6) is 0 Å². The van der Waals surface area contributed by atoms with Crippen LogP contribution < -0.4 is 10.6 Å². The summed E-state index contributed by atoms with van der Waals surface area (Å²) in [5, 5.41) is 21.2. The van der Waals surface area contributed by atoms with Crippen LogP contribution >= 0.6 is 0 Å². The Balaban J connectivity index is 1.83. The van der Waals surface area contributed by atoms with Gasteiger partial charge < -0.3 is 10.6 Å². The van der Waals surface area contributed by atoms with Crippen molar-refractivity contribution >= 4 is 11.6 Å². The van der Waals surface area contributed by atoms with Crippen LogP contribution in [0, 0.1) is 24.0 Å². The summed E-state index contributed by atoms with van der Waals surface area (Å²) < 4.78 is 1.53. The summed E-state index contributed by atoms with van der Waals surface area (Å²) in [5.74, 6) is -0.0566. The van der Waals surface area contributed by atoms with Crippen LogP contribution in [0.4, 0.5) is 5.69 Å². The van der Waals surface area contributed by atoms with Gasteiger partial charge >= 0.3 is 5.69 Å². The second kappa shape index (κ2) is 6.66. The smallest absolute Gasteiger partial charge is 0.312 e. The lowest BCUT2D eigenvalue weighted by Crippen LogP contribution is -2.37. The van der Waals surface area contributed by atoms with E-state index in [-0.39, 0.29) is 18.0 Å². The Morgan fingerprint density at radius 2 is 2.33 bits per heavy atom. The van der Waals surface area contributed by atoms with Gasteiger partial charge in [0.15, 0.2) is 0 Å². The summed E-state index contributed by atoms with van der Waals surface area (Å²) in [4.78, 5) is 22.3. The van der Waals surface area contributed by atoms with E-state index in [0.717, 1.165) is 19.4 Å². The monoisotopic (exact) mass is 295 g/mol. The third-order valence-electron chi connectivity index (χ3n) is 3.78. The maximum atomic E-state index is 11.8. The van der Waals surface area contributed by atoms with Crippen LogP contribution in [-0.4, -0.2) is 39.7 Å². The number of nitrogens with zero attached hydrogens (tertiary/aromatic N) is 3. The van der Waals surface area contributed by atoms with Crippen molar-refractivity contribution in [3.63, 3.8) is 0 Å². The lowest BCUT2D eigenvalue weighted by molar-refractivity contribution is -0.386. The van der Waals surface area contributed by atoms with Gasteiger partial charge in [-0.1, -0.05) is 0 Å². The van der Waals surface area contributed by atoms with Crippen molar-refractivity contribution < 1.29 is 9.72 Å². The van der Waals surface area contributed by atoms with Gasteiger partial charge in [0.2, 0.25) is 5.91 Å². The number of carbonyl (C=O) groups is 1. The molecule has 1 aliphatic heterocycles. The van der Waals surface area contributed by atoms with Crippen molar-refractivity contribution in [2.45, 2.75) is 45.7 Å². The standard InChI is InChI=1S/C13H21N5O3/c1-9-13(18(20)21)10(2)17(16-9)7-5-12(19)15-8-11-4-3-6-14-11/h11,14H,3-8H2,1-2H3,(H,15,19). The minimum Gasteiger partial charge on any atom is -0.354 e. The minimum absolute atomic E-state index is 0.0329. The van der Waals surface area contributed by atoms with Gasteiger partial charge in [-0.25, -0.2) is 0 Å². The van der Waals surface area contributed by atoms with Gasteiger partial charge in [0.1, 0.15) is 11.4 Å². The molecule has 0 aliphatic carbocycles. The number of nitro groups is 1. The van der Waals surface area contributed by atoms with Crippen molar-refractivity contribution in [1.29, 1.82) is 0 Å². The van der Waals surface area contributed by atoms with E-state index in [1.807, 2.05) is 0 Å². The molecule has 1 aromatic rings. The molecule has 8 nitrogen and oxygen atoms in total. The van der Waals surface area contributed by atoms with Gasteiger partial charge in [-0.2, -0.15) is 5.10 Å². The number of aromatic nitrogens is 2. The molecule has 2 rings (SSSR count). The molecular weight excluding hydrogens is 274 g/mol. The highest BCUT2D eigenvalue weighted by Gasteiger charge is 2.22. The van der Waals surface area contributed by atoms with Crippen LogP contribution in [0.1, 0.15) is 30.7 Å². The molecule has 0 bridgehead atoms. The van der Waals surface area contributed by atoms with E-state index in [2.05, 4.69) is 15.7 Å². The van der Waals surface area contributed by atoms with Crippen molar-refractivity contribution in [3.8, 4) is 0 Å². The molecule has 1 aromatic heterocycles. The van der Waals surface area contributed by atoms with Crippen LogP contribution in [-0.2, 0) is 11.3 Å². The molecule has 1 saturated heterocycles. The zero-order valence-corrected chi connectivity index (χ0v) is 12.4. The molecule has 1 atom stereocenters. The van der Waals surface area contributed by atoms with Gasteiger partial charge in [-0.15, -0.1) is 0 Å². The lowest BCUT2D eigenvalue weighted by Gasteiger charge is -2.11. The van der Waals surface area contributed by atoms with E-state index in [1.54, 1.807) is 13.8 Å². The summed E-state index contributed by atoms with van der Waals surface area (Å²) in [6.07, 6.45) is 2.51. The molecule has 116 valence electrons. The maximum Gasteiger partial charge on any atom is 0.312 e. The second-order valence-corrected chi connectivity index (χ2v) is 5.35. The second-order valence-electron chi connectivity index (χ2n) is 5.35. The first-order valence-corrected chi connectivity index (χ1v) is 7.17. The minimum atomic E-state index is -0.431. The summed E-state index contributed by atoms with van der Waals surface area (Å²) in [7, 11) is 0. The van der Waals surface area contributed by atoms with Crippen LogP contribution in [0.2, 0.25) is 0 Å². The molecule has 0 spiro atoms. The Morgan fingerprint density at radius 1 is 1.57 bits per heavy atom. The van der Waals surface area contributed by atoms with E-state index in [1.165, 1.54) is 4.68 Å². The topological polar surface area (TPSA) is 102 Å². The van der Waals surface area contributed by atoms with E-state index < -0.39 is 4.92 Å². The van der Waals surface area contributed by atoms with Crippen LogP contribution in [0.25, 0.3) is 0 Å². The highest BCUT2D eigenvalue weighted by molar-refractivity contribution is 5.75. The van der Waals surface area contributed by atoms with E-state index >= 15 is 0 Å². The molecule has 0 saturated carbocycles. The number of hydrogen-bond acceptors (Lipinski definition) is 5. The molecule has 1 unspecified atom stereocenters. The third-order valence-corrected chi connectivity index (χ3v) is 3.78. The molecule has 0 aromatic carbocycles. The van der Waals surface area contributed by atoms with Crippen molar-refractivity contribution in [2.24, 2.45) is 0 Å². The fourth-order valence-electron chi connectivity index (χ4n) is 2.63. The van der Waals surface area contributed by atoms with Gasteiger partial charge in [-0.05, 0) is 33.2 Å². The fourth-order valence-corrected chi connectivity index (χ4v) is 2.63.